The fraction of sp³-hybridized carbons (Fsp3) is 0.500. The summed E-state index contributed by atoms with van der Waals surface area (Å²) < 4.78 is 0. The highest BCUT2D eigenvalue weighted by Gasteiger charge is 2.45. The molecule has 0 unspecified atom stereocenters. The molecule has 3 heterocycles. The molecule has 138 valence electrons. The smallest absolute Gasteiger partial charge is 0.233 e. The molecule has 26 heavy (non-hydrogen) atoms. The van der Waals surface area contributed by atoms with Crippen LogP contribution in [0.4, 0.5) is 5.69 Å². The van der Waals surface area contributed by atoms with Crippen molar-refractivity contribution in [2.75, 3.05) is 5.32 Å². The Morgan fingerprint density at radius 2 is 1.81 bits per heavy atom. The Hall–Kier alpha value is -1.79. The number of nitrogens with one attached hydrogen (secondary N) is 3. The summed E-state index contributed by atoms with van der Waals surface area (Å²) >= 11 is 1.62. The number of piperidine rings is 1. The first-order valence-electron chi connectivity index (χ1n) is 9.13. The van der Waals surface area contributed by atoms with Crippen LogP contribution in [0.1, 0.15) is 47.0 Å². The van der Waals surface area contributed by atoms with Gasteiger partial charge < -0.3 is 10.6 Å². The number of thioether (sulfide) groups is 1. The van der Waals surface area contributed by atoms with Gasteiger partial charge in [0.25, 0.3) is 0 Å². The van der Waals surface area contributed by atoms with Gasteiger partial charge in [-0.3, -0.25) is 15.1 Å². The van der Waals surface area contributed by atoms with Crippen molar-refractivity contribution < 1.29 is 4.79 Å². The number of anilines is 1. The molecule has 6 heteroatoms. The first-order chi connectivity index (χ1) is 12.2. The third kappa shape index (κ3) is 3.05. The van der Waals surface area contributed by atoms with Crippen molar-refractivity contribution in [3.05, 3.63) is 34.9 Å². The van der Waals surface area contributed by atoms with Crippen molar-refractivity contribution in [1.29, 1.82) is 5.41 Å². The normalized spacial score (nSPS) is 27.6. The number of benzene rings is 1. The molecule has 0 aliphatic carbocycles. The zero-order chi connectivity index (χ0) is 18.7. The molecule has 0 aromatic heterocycles. The Labute approximate surface area is 159 Å². The molecule has 4 rings (SSSR count). The zero-order valence-corrected chi connectivity index (χ0v) is 16.6. The van der Waals surface area contributed by atoms with Crippen LogP contribution in [-0.2, 0) is 4.79 Å². The molecule has 1 aromatic carbocycles. The fourth-order valence-electron chi connectivity index (χ4n) is 4.67. The first kappa shape index (κ1) is 17.6. The number of rotatable bonds is 1. The molecular formula is C20H26N4OS. The summed E-state index contributed by atoms with van der Waals surface area (Å²) in [6, 6.07) is 8.17. The number of carbonyl (C=O) groups excluding carboxylic acids is 1. The molecule has 5 nitrogen and oxygen atoms in total. The van der Waals surface area contributed by atoms with Crippen LogP contribution in [0.25, 0.3) is 0 Å². The van der Waals surface area contributed by atoms with Gasteiger partial charge in [0, 0.05) is 27.6 Å². The molecule has 0 spiro atoms. The van der Waals surface area contributed by atoms with Gasteiger partial charge in [0.15, 0.2) is 0 Å². The van der Waals surface area contributed by atoms with Crippen LogP contribution in [0, 0.1) is 5.41 Å². The second kappa shape index (κ2) is 5.86. The Kier molecular flexibility index (Phi) is 3.97. The maximum Gasteiger partial charge on any atom is 0.233 e. The third-order valence-corrected chi connectivity index (χ3v) is 6.41. The predicted molar refractivity (Wildman–Crippen MR) is 106 cm³/mol. The molecular weight excluding hydrogens is 344 g/mol. The van der Waals surface area contributed by atoms with Gasteiger partial charge >= 0.3 is 0 Å². The molecule has 3 aliphatic heterocycles. The van der Waals surface area contributed by atoms with E-state index in [9.17, 15) is 4.79 Å². The van der Waals surface area contributed by atoms with Gasteiger partial charge in [-0.1, -0.05) is 23.9 Å². The molecule has 1 amide bonds. The number of hydrogen-bond acceptors (Lipinski definition) is 5. The summed E-state index contributed by atoms with van der Waals surface area (Å²) in [5.74, 6) is 0.422. The maximum atomic E-state index is 12.8. The van der Waals surface area contributed by atoms with E-state index in [0.29, 0.717) is 12.3 Å². The number of amidine groups is 1. The van der Waals surface area contributed by atoms with Crippen LogP contribution in [0.15, 0.2) is 39.8 Å². The monoisotopic (exact) mass is 370 g/mol. The number of fused-ring (bicyclic) bond motifs is 1. The molecule has 2 fully saturated rings. The summed E-state index contributed by atoms with van der Waals surface area (Å²) in [7, 11) is 0. The SMILES string of the molecule is CC1(C)CC(N2C(=N)C(=C3Nc4ccccc4S3)CC2=O)CC(C)(C)N1. The highest BCUT2D eigenvalue weighted by atomic mass is 32.2. The lowest BCUT2D eigenvalue weighted by atomic mass is 9.79. The molecule has 0 bridgehead atoms. The van der Waals surface area contributed by atoms with Gasteiger partial charge in [-0.05, 0) is 52.7 Å². The van der Waals surface area contributed by atoms with Crippen LogP contribution in [0.2, 0.25) is 0 Å². The van der Waals surface area contributed by atoms with E-state index in [0.717, 1.165) is 34.0 Å². The molecule has 3 aliphatic rings. The van der Waals surface area contributed by atoms with E-state index < -0.39 is 0 Å². The third-order valence-electron chi connectivity index (χ3n) is 5.28. The standard InChI is InChI=1S/C20H26N4OS/c1-19(2)10-12(11-20(3,4)23-19)24-16(25)9-13(17(24)21)18-22-14-7-5-6-8-15(14)26-18/h5-8,12,21-23H,9-11H2,1-4H3. The molecule has 3 N–H and O–H groups in total. The van der Waals surface area contributed by atoms with Gasteiger partial charge in [0.05, 0.1) is 17.1 Å². The number of likely N-dealkylation sites (tertiary alicyclic amines) is 1. The second-order valence-corrected chi connectivity index (χ2v) is 9.83. The lowest BCUT2D eigenvalue weighted by Crippen LogP contribution is -2.62. The lowest BCUT2D eigenvalue weighted by Gasteiger charge is -2.48. The Bertz CT molecular complexity index is 784. The Morgan fingerprint density at radius 1 is 1.15 bits per heavy atom. The molecule has 0 radical (unpaired) electrons. The lowest BCUT2D eigenvalue weighted by molar-refractivity contribution is -0.128. The van der Waals surface area contributed by atoms with Crippen LogP contribution in [0.3, 0.4) is 0 Å². The zero-order valence-electron chi connectivity index (χ0n) is 15.8. The molecule has 2 saturated heterocycles. The molecule has 0 atom stereocenters. The fourth-order valence-corrected chi connectivity index (χ4v) is 5.72. The number of nitrogens with zero attached hydrogens (tertiary/aromatic N) is 1. The number of para-hydroxylation sites is 1. The van der Waals surface area contributed by atoms with Crippen molar-refractivity contribution >= 4 is 29.2 Å². The van der Waals surface area contributed by atoms with Gasteiger partial charge in [0.1, 0.15) is 5.84 Å². The Balaban J connectivity index is 1.62. The summed E-state index contributed by atoms with van der Waals surface area (Å²) in [6.45, 7) is 8.70. The quantitative estimate of drug-likeness (QED) is 0.700. The van der Waals surface area contributed by atoms with Crippen molar-refractivity contribution in [3.8, 4) is 0 Å². The summed E-state index contributed by atoms with van der Waals surface area (Å²) in [6.07, 6.45) is 2.02. The first-order valence-corrected chi connectivity index (χ1v) is 9.94. The van der Waals surface area contributed by atoms with E-state index in [4.69, 9.17) is 5.41 Å². The minimum Gasteiger partial charge on any atom is -0.349 e. The highest BCUT2D eigenvalue weighted by Crippen LogP contribution is 2.44. The van der Waals surface area contributed by atoms with Crippen molar-refractivity contribution in [1.82, 2.24) is 10.2 Å². The van der Waals surface area contributed by atoms with E-state index >= 15 is 0 Å². The predicted octanol–water partition coefficient (Wildman–Crippen LogP) is 3.93. The number of amides is 1. The van der Waals surface area contributed by atoms with E-state index in [2.05, 4.69) is 44.4 Å². The van der Waals surface area contributed by atoms with Crippen LogP contribution in [0.5, 0.6) is 0 Å². The van der Waals surface area contributed by atoms with E-state index in [1.165, 1.54) is 0 Å². The van der Waals surface area contributed by atoms with Gasteiger partial charge in [-0.25, -0.2) is 0 Å². The topological polar surface area (TPSA) is 68.2 Å². The molecule has 1 aromatic rings. The summed E-state index contributed by atoms with van der Waals surface area (Å²) in [5, 5.41) is 16.7. The van der Waals surface area contributed by atoms with Crippen molar-refractivity contribution in [3.63, 3.8) is 0 Å². The van der Waals surface area contributed by atoms with Gasteiger partial charge in [-0.15, -0.1) is 0 Å². The number of hydrogen-bond donors (Lipinski definition) is 3. The van der Waals surface area contributed by atoms with Crippen LogP contribution >= 0.6 is 11.8 Å². The molecule has 0 saturated carbocycles. The summed E-state index contributed by atoms with van der Waals surface area (Å²) in [4.78, 5) is 15.7. The summed E-state index contributed by atoms with van der Waals surface area (Å²) in [5.41, 5.74) is 1.77. The highest BCUT2D eigenvalue weighted by molar-refractivity contribution is 8.03. The number of carbonyl (C=O) groups is 1. The average Bonchev–Trinajstić information content (AvgIpc) is 3.04. The van der Waals surface area contributed by atoms with Crippen molar-refractivity contribution in [2.24, 2.45) is 0 Å². The Morgan fingerprint density at radius 3 is 2.46 bits per heavy atom. The van der Waals surface area contributed by atoms with Crippen LogP contribution in [-0.4, -0.2) is 33.8 Å². The van der Waals surface area contributed by atoms with Crippen LogP contribution < -0.4 is 10.6 Å². The van der Waals surface area contributed by atoms with E-state index in [1.807, 2.05) is 18.2 Å². The van der Waals surface area contributed by atoms with E-state index in [1.54, 1.807) is 16.7 Å². The average molecular weight is 371 g/mol. The van der Waals surface area contributed by atoms with Gasteiger partial charge in [0.2, 0.25) is 5.91 Å². The minimum absolute atomic E-state index is 0.0503. The second-order valence-electron chi connectivity index (χ2n) is 8.77. The minimum atomic E-state index is -0.0561. The maximum absolute atomic E-state index is 12.8. The van der Waals surface area contributed by atoms with Gasteiger partial charge in [-0.2, -0.15) is 0 Å². The largest absolute Gasteiger partial charge is 0.349 e. The van der Waals surface area contributed by atoms with Crippen molar-refractivity contribution in [2.45, 2.75) is 69.0 Å². The van der Waals surface area contributed by atoms with E-state index in [-0.39, 0.29) is 23.0 Å².